The first kappa shape index (κ1) is 17.3. The second-order valence-corrected chi connectivity index (χ2v) is 6.89. The minimum absolute atomic E-state index is 0.0292. The summed E-state index contributed by atoms with van der Waals surface area (Å²) in [6.45, 7) is 0.223. The van der Waals surface area contributed by atoms with Crippen molar-refractivity contribution < 1.29 is 13.2 Å². The molecule has 0 aliphatic rings. The van der Waals surface area contributed by atoms with Crippen LogP contribution in [0.5, 0.6) is 5.75 Å². The lowest BCUT2D eigenvalue weighted by atomic mass is 10.1. The van der Waals surface area contributed by atoms with Crippen LogP contribution in [-0.2, 0) is 16.4 Å². The van der Waals surface area contributed by atoms with Gasteiger partial charge in [-0.3, -0.25) is 0 Å². The van der Waals surface area contributed by atoms with Crippen LogP contribution >= 0.6 is 11.6 Å². The summed E-state index contributed by atoms with van der Waals surface area (Å²) in [6.07, 6.45) is 0.493. The fourth-order valence-electron chi connectivity index (χ4n) is 2.07. The number of nitrogens with one attached hydrogen (secondary N) is 1. The van der Waals surface area contributed by atoms with Crippen LogP contribution < -0.4 is 9.46 Å². The standard InChI is InChI=1S/C16H15ClN2O3S/c1-22-16-5-3-2-4-12(16)8-9-19-23(20,21)14-7-6-13(11-18)15(17)10-14/h2-7,10,19H,8-9H2,1H3. The number of halogens is 1. The zero-order chi connectivity index (χ0) is 16.9. The fourth-order valence-corrected chi connectivity index (χ4v) is 3.41. The fraction of sp³-hybridized carbons (Fsp3) is 0.188. The van der Waals surface area contributed by atoms with Crippen molar-refractivity contribution in [2.24, 2.45) is 0 Å². The van der Waals surface area contributed by atoms with Crippen LogP contribution in [0.4, 0.5) is 0 Å². The van der Waals surface area contributed by atoms with E-state index >= 15 is 0 Å². The first-order chi connectivity index (χ1) is 11.0. The summed E-state index contributed by atoms with van der Waals surface area (Å²) >= 11 is 5.87. The molecule has 0 atom stereocenters. The Hall–Kier alpha value is -2.07. The largest absolute Gasteiger partial charge is 0.496 e. The number of nitrogens with zero attached hydrogens (tertiary/aromatic N) is 1. The lowest BCUT2D eigenvalue weighted by molar-refractivity contribution is 0.409. The molecule has 0 amide bonds. The molecule has 0 aliphatic carbocycles. The van der Waals surface area contributed by atoms with Gasteiger partial charge in [0.05, 0.1) is 22.6 Å². The Balaban J connectivity index is 2.07. The van der Waals surface area contributed by atoms with Gasteiger partial charge in [0, 0.05) is 6.54 Å². The van der Waals surface area contributed by atoms with Gasteiger partial charge in [0.1, 0.15) is 11.8 Å². The van der Waals surface area contributed by atoms with Crippen LogP contribution in [0.25, 0.3) is 0 Å². The van der Waals surface area contributed by atoms with Crippen LogP contribution in [0.1, 0.15) is 11.1 Å². The second-order valence-electron chi connectivity index (χ2n) is 4.71. The van der Waals surface area contributed by atoms with E-state index in [2.05, 4.69) is 4.72 Å². The molecule has 2 aromatic rings. The molecule has 0 heterocycles. The van der Waals surface area contributed by atoms with E-state index in [4.69, 9.17) is 21.6 Å². The smallest absolute Gasteiger partial charge is 0.240 e. The highest BCUT2D eigenvalue weighted by atomic mass is 35.5. The molecule has 2 aromatic carbocycles. The SMILES string of the molecule is COc1ccccc1CCNS(=O)(=O)c1ccc(C#N)c(Cl)c1. The van der Waals surface area contributed by atoms with Gasteiger partial charge in [-0.05, 0) is 36.2 Å². The molecule has 0 saturated carbocycles. The molecule has 0 unspecified atom stereocenters. The van der Waals surface area contributed by atoms with Gasteiger partial charge >= 0.3 is 0 Å². The number of hydrogen-bond acceptors (Lipinski definition) is 4. The molecule has 1 N–H and O–H groups in total. The average molecular weight is 351 g/mol. The van der Waals surface area contributed by atoms with Gasteiger partial charge in [-0.25, -0.2) is 13.1 Å². The van der Waals surface area contributed by atoms with E-state index in [0.717, 1.165) is 5.56 Å². The summed E-state index contributed by atoms with van der Waals surface area (Å²) < 4.78 is 32.2. The van der Waals surface area contributed by atoms with E-state index in [9.17, 15) is 8.42 Å². The zero-order valence-electron chi connectivity index (χ0n) is 12.4. The minimum atomic E-state index is -3.68. The average Bonchev–Trinajstić information content (AvgIpc) is 2.55. The van der Waals surface area contributed by atoms with Crippen molar-refractivity contribution in [3.05, 3.63) is 58.6 Å². The summed E-state index contributed by atoms with van der Waals surface area (Å²) in [5.74, 6) is 0.716. The van der Waals surface area contributed by atoms with E-state index in [1.165, 1.54) is 18.2 Å². The van der Waals surface area contributed by atoms with Crippen molar-refractivity contribution in [3.8, 4) is 11.8 Å². The topological polar surface area (TPSA) is 79.2 Å². The summed E-state index contributed by atoms with van der Waals surface area (Å²) in [7, 11) is -2.11. The maximum atomic E-state index is 12.2. The van der Waals surface area contributed by atoms with Crippen LogP contribution in [-0.4, -0.2) is 22.1 Å². The number of para-hydroxylation sites is 1. The molecule has 0 spiro atoms. The highest BCUT2D eigenvalue weighted by Gasteiger charge is 2.15. The summed E-state index contributed by atoms with van der Waals surface area (Å²) in [6, 6.07) is 13.3. The Bertz CT molecular complexity index is 845. The second kappa shape index (κ2) is 7.47. The Labute approximate surface area is 140 Å². The molecule has 23 heavy (non-hydrogen) atoms. The van der Waals surface area contributed by atoms with Gasteiger partial charge in [-0.15, -0.1) is 0 Å². The predicted octanol–water partition coefficient (Wildman–Crippen LogP) is 2.74. The zero-order valence-corrected chi connectivity index (χ0v) is 14.0. The molecule has 0 radical (unpaired) electrons. The maximum absolute atomic E-state index is 12.2. The molecule has 7 heteroatoms. The monoisotopic (exact) mass is 350 g/mol. The van der Waals surface area contributed by atoms with Crippen molar-refractivity contribution in [3.63, 3.8) is 0 Å². The van der Waals surface area contributed by atoms with E-state index in [0.29, 0.717) is 12.2 Å². The third-order valence-electron chi connectivity index (χ3n) is 3.25. The number of sulfonamides is 1. The van der Waals surface area contributed by atoms with Gasteiger partial charge in [0.15, 0.2) is 0 Å². The van der Waals surface area contributed by atoms with Gasteiger partial charge in [-0.1, -0.05) is 29.8 Å². The van der Waals surface area contributed by atoms with Gasteiger partial charge in [0.2, 0.25) is 10.0 Å². The number of benzene rings is 2. The summed E-state index contributed by atoms with van der Waals surface area (Å²) in [5, 5.41) is 8.93. The Morgan fingerprint density at radius 3 is 2.65 bits per heavy atom. The minimum Gasteiger partial charge on any atom is -0.496 e. The predicted molar refractivity (Wildman–Crippen MR) is 88.1 cm³/mol. The summed E-state index contributed by atoms with van der Waals surface area (Å²) in [5.41, 5.74) is 1.15. The number of methoxy groups -OCH3 is 1. The van der Waals surface area contributed by atoms with Gasteiger partial charge in [0.25, 0.3) is 0 Å². The molecule has 0 aromatic heterocycles. The number of ether oxygens (including phenoxy) is 1. The Morgan fingerprint density at radius 2 is 2.00 bits per heavy atom. The molecule has 0 aliphatic heterocycles. The first-order valence-corrected chi connectivity index (χ1v) is 8.65. The third-order valence-corrected chi connectivity index (χ3v) is 5.02. The Morgan fingerprint density at radius 1 is 1.26 bits per heavy atom. The van der Waals surface area contributed by atoms with E-state index in [1.54, 1.807) is 7.11 Å². The van der Waals surface area contributed by atoms with Crippen LogP contribution in [0.2, 0.25) is 5.02 Å². The van der Waals surface area contributed by atoms with Crippen molar-refractivity contribution >= 4 is 21.6 Å². The summed E-state index contributed by atoms with van der Waals surface area (Å²) in [4.78, 5) is 0.0292. The van der Waals surface area contributed by atoms with Crippen molar-refractivity contribution in [1.29, 1.82) is 5.26 Å². The molecule has 120 valence electrons. The van der Waals surface area contributed by atoms with Gasteiger partial charge < -0.3 is 4.74 Å². The third kappa shape index (κ3) is 4.23. The van der Waals surface area contributed by atoms with E-state index in [-0.39, 0.29) is 22.0 Å². The molecule has 0 fully saturated rings. The lowest BCUT2D eigenvalue weighted by Crippen LogP contribution is -2.26. The van der Waals surface area contributed by atoms with E-state index in [1.807, 2.05) is 30.3 Å². The molecule has 2 rings (SSSR count). The van der Waals surface area contributed by atoms with Crippen molar-refractivity contribution in [1.82, 2.24) is 4.72 Å². The van der Waals surface area contributed by atoms with Crippen LogP contribution in [0, 0.1) is 11.3 Å². The molecule has 0 saturated heterocycles. The normalized spacial score (nSPS) is 11.0. The van der Waals surface area contributed by atoms with Gasteiger partial charge in [-0.2, -0.15) is 5.26 Å². The number of hydrogen-bond donors (Lipinski definition) is 1. The van der Waals surface area contributed by atoms with Crippen LogP contribution in [0.3, 0.4) is 0 Å². The number of nitriles is 1. The lowest BCUT2D eigenvalue weighted by Gasteiger charge is -2.10. The maximum Gasteiger partial charge on any atom is 0.240 e. The highest BCUT2D eigenvalue weighted by Crippen LogP contribution is 2.21. The molecular formula is C16H15ClN2O3S. The van der Waals surface area contributed by atoms with Crippen molar-refractivity contribution in [2.75, 3.05) is 13.7 Å². The molecular weight excluding hydrogens is 336 g/mol. The van der Waals surface area contributed by atoms with Crippen molar-refractivity contribution in [2.45, 2.75) is 11.3 Å². The highest BCUT2D eigenvalue weighted by molar-refractivity contribution is 7.89. The quantitative estimate of drug-likeness (QED) is 0.868. The van der Waals surface area contributed by atoms with Crippen LogP contribution in [0.15, 0.2) is 47.4 Å². The molecule has 0 bridgehead atoms. The Kier molecular flexibility index (Phi) is 5.61. The number of rotatable bonds is 6. The first-order valence-electron chi connectivity index (χ1n) is 6.79. The van der Waals surface area contributed by atoms with E-state index < -0.39 is 10.0 Å². The molecule has 5 nitrogen and oxygen atoms in total.